The summed E-state index contributed by atoms with van der Waals surface area (Å²) >= 11 is 0. The molecule has 1 saturated heterocycles. The minimum Gasteiger partial charge on any atom is -0.346 e. The van der Waals surface area contributed by atoms with Crippen molar-refractivity contribution in [2.45, 2.75) is 91.1 Å². The maximum atomic E-state index is 13.3. The first kappa shape index (κ1) is 24.9. The molecule has 180 valence electrons. The van der Waals surface area contributed by atoms with Crippen molar-refractivity contribution in [2.75, 3.05) is 6.54 Å². The number of carbonyl (C=O) groups excluding carboxylic acids is 3. The highest BCUT2D eigenvalue weighted by atomic mass is 16.2. The second-order valence-corrected chi connectivity index (χ2v) is 10.7. The third-order valence-corrected chi connectivity index (χ3v) is 6.46. The molecule has 3 atom stereocenters. The van der Waals surface area contributed by atoms with Gasteiger partial charge in [-0.3, -0.25) is 14.4 Å². The summed E-state index contributed by atoms with van der Waals surface area (Å²) in [6, 6.07) is 7.11. The molecule has 0 saturated carbocycles. The Kier molecular flexibility index (Phi) is 7.92. The molecule has 2 N–H and O–H groups in total. The Balaban J connectivity index is 1.69. The topological polar surface area (TPSA) is 95.2 Å². The average molecular weight is 455 g/mol. The second-order valence-electron chi connectivity index (χ2n) is 10.7. The summed E-state index contributed by atoms with van der Waals surface area (Å²) in [6.07, 6.45) is 3.22. The number of nitrogens with one attached hydrogen (secondary N) is 2. The molecule has 2 aromatic rings. The number of amides is 2. The van der Waals surface area contributed by atoms with E-state index in [1.165, 1.54) is 0 Å². The van der Waals surface area contributed by atoms with Crippen molar-refractivity contribution in [2.24, 2.45) is 5.41 Å². The summed E-state index contributed by atoms with van der Waals surface area (Å²) in [7, 11) is 0. The van der Waals surface area contributed by atoms with Crippen LogP contribution in [0.4, 0.5) is 0 Å². The molecule has 2 heterocycles. The highest BCUT2D eigenvalue weighted by molar-refractivity contribution is 5.93. The molecule has 7 nitrogen and oxygen atoms in total. The molecule has 3 rings (SSSR count). The van der Waals surface area contributed by atoms with Crippen LogP contribution in [0.3, 0.4) is 0 Å². The molecule has 1 fully saturated rings. The van der Waals surface area contributed by atoms with Gasteiger partial charge in [0.25, 0.3) is 0 Å². The number of ketones is 1. The Morgan fingerprint density at radius 3 is 2.58 bits per heavy atom. The van der Waals surface area contributed by atoms with E-state index in [1.807, 2.05) is 43.0 Å². The lowest BCUT2D eigenvalue weighted by atomic mass is 9.90. The maximum Gasteiger partial charge on any atom is 0.225 e. The smallest absolute Gasteiger partial charge is 0.225 e. The Hall–Kier alpha value is -2.70. The molecular weight excluding hydrogens is 416 g/mol. The van der Waals surface area contributed by atoms with E-state index in [0.29, 0.717) is 19.4 Å². The number of rotatable bonds is 9. The fraction of sp³-hybridized carbons (Fsp3) is 0.615. The summed E-state index contributed by atoms with van der Waals surface area (Å²) in [5.41, 5.74) is 1.81. The van der Waals surface area contributed by atoms with E-state index in [2.05, 4.69) is 36.1 Å². The van der Waals surface area contributed by atoms with Gasteiger partial charge in [-0.1, -0.05) is 39.8 Å². The minimum absolute atomic E-state index is 0.0112. The van der Waals surface area contributed by atoms with E-state index >= 15 is 0 Å². The van der Waals surface area contributed by atoms with Crippen LogP contribution in [0.25, 0.3) is 11.0 Å². The third kappa shape index (κ3) is 6.89. The van der Waals surface area contributed by atoms with Crippen molar-refractivity contribution in [3.63, 3.8) is 0 Å². The van der Waals surface area contributed by atoms with Crippen LogP contribution in [0.15, 0.2) is 24.3 Å². The lowest BCUT2D eigenvalue weighted by molar-refractivity contribution is -0.136. The number of imidazole rings is 1. The molecule has 0 radical (unpaired) electrons. The fourth-order valence-corrected chi connectivity index (χ4v) is 4.34. The minimum atomic E-state index is -0.815. The first-order valence-corrected chi connectivity index (χ1v) is 12.1. The van der Waals surface area contributed by atoms with Gasteiger partial charge in [-0.05, 0) is 43.7 Å². The van der Waals surface area contributed by atoms with Gasteiger partial charge >= 0.3 is 0 Å². The first-order valence-electron chi connectivity index (χ1n) is 12.1. The third-order valence-electron chi connectivity index (χ3n) is 6.46. The zero-order chi connectivity index (χ0) is 24.2. The van der Waals surface area contributed by atoms with E-state index in [0.717, 1.165) is 29.7 Å². The van der Waals surface area contributed by atoms with Crippen molar-refractivity contribution in [1.82, 2.24) is 20.2 Å². The molecule has 1 aliphatic rings. The molecule has 0 bridgehead atoms. The molecule has 0 aliphatic carbocycles. The quantitative estimate of drug-likeness (QED) is 0.589. The molecule has 7 heteroatoms. The second kappa shape index (κ2) is 10.5. The van der Waals surface area contributed by atoms with Crippen LogP contribution < -0.4 is 5.32 Å². The Bertz CT molecular complexity index is 958. The molecule has 1 aliphatic heterocycles. The van der Waals surface area contributed by atoms with Crippen molar-refractivity contribution >= 4 is 28.6 Å². The maximum absolute atomic E-state index is 13.3. The SMILES string of the molecule is C[C@H](CC(=O)[C@H](CC(=O)N1CCC[C@@H]1C)NC(=O)CCC(C)(C)C)c1nc2ccccc2[nH]1. The van der Waals surface area contributed by atoms with Gasteiger partial charge in [0, 0.05) is 31.3 Å². The Labute approximate surface area is 196 Å². The highest BCUT2D eigenvalue weighted by Gasteiger charge is 2.31. The van der Waals surface area contributed by atoms with Crippen LogP contribution in [0.5, 0.6) is 0 Å². The zero-order valence-corrected chi connectivity index (χ0v) is 20.6. The predicted octanol–water partition coefficient (Wildman–Crippen LogP) is 4.34. The van der Waals surface area contributed by atoms with Crippen molar-refractivity contribution < 1.29 is 14.4 Å². The Morgan fingerprint density at radius 2 is 1.94 bits per heavy atom. The number of fused-ring (bicyclic) bond motifs is 1. The van der Waals surface area contributed by atoms with Crippen LogP contribution in [-0.4, -0.2) is 51.1 Å². The van der Waals surface area contributed by atoms with E-state index in [-0.39, 0.29) is 47.8 Å². The number of Topliss-reactive ketones (excluding diaryl/α,β-unsaturated/α-hetero) is 1. The van der Waals surface area contributed by atoms with Gasteiger partial charge < -0.3 is 15.2 Å². The van der Waals surface area contributed by atoms with Gasteiger partial charge in [0.2, 0.25) is 11.8 Å². The van der Waals surface area contributed by atoms with Gasteiger partial charge in [0.05, 0.1) is 23.5 Å². The molecule has 2 amide bonds. The lowest BCUT2D eigenvalue weighted by Gasteiger charge is -2.25. The standard InChI is InChI=1S/C26H38N4O3/c1-17(25-28-19-10-6-7-11-20(19)29-25)15-22(31)21(27-23(32)12-13-26(3,4)5)16-24(33)30-14-8-9-18(30)2/h6-7,10-11,17-18,21H,8-9,12-16H2,1-5H3,(H,27,32)(H,28,29)/t17-,18+,21+/m1/s1. The number of aromatic amines is 1. The number of carbonyl (C=O) groups is 3. The molecule has 33 heavy (non-hydrogen) atoms. The molecule has 1 aromatic carbocycles. The van der Waals surface area contributed by atoms with Crippen molar-refractivity contribution in [3.05, 3.63) is 30.1 Å². The number of H-pyrrole nitrogens is 1. The Morgan fingerprint density at radius 1 is 1.21 bits per heavy atom. The normalized spacial score (nSPS) is 18.3. The van der Waals surface area contributed by atoms with Gasteiger partial charge in [-0.25, -0.2) is 4.98 Å². The van der Waals surface area contributed by atoms with Crippen LogP contribution in [-0.2, 0) is 14.4 Å². The monoisotopic (exact) mass is 454 g/mol. The summed E-state index contributed by atoms with van der Waals surface area (Å²) in [6.45, 7) is 10.9. The van der Waals surface area contributed by atoms with E-state index in [9.17, 15) is 14.4 Å². The van der Waals surface area contributed by atoms with Crippen molar-refractivity contribution in [3.8, 4) is 0 Å². The number of para-hydroxylation sites is 2. The summed E-state index contributed by atoms with van der Waals surface area (Å²) < 4.78 is 0. The number of hydrogen-bond donors (Lipinski definition) is 2. The lowest BCUT2D eigenvalue weighted by Crippen LogP contribution is -2.46. The largest absolute Gasteiger partial charge is 0.346 e. The number of likely N-dealkylation sites (tertiary alicyclic amines) is 1. The summed E-state index contributed by atoms with van der Waals surface area (Å²) in [4.78, 5) is 48.6. The molecule has 0 spiro atoms. The van der Waals surface area contributed by atoms with E-state index < -0.39 is 6.04 Å². The van der Waals surface area contributed by atoms with Gasteiger partial charge in [-0.15, -0.1) is 0 Å². The number of hydrogen-bond acceptors (Lipinski definition) is 4. The van der Waals surface area contributed by atoms with Crippen molar-refractivity contribution in [1.29, 1.82) is 0 Å². The molecule has 1 aromatic heterocycles. The van der Waals surface area contributed by atoms with Gasteiger partial charge in [0.15, 0.2) is 5.78 Å². The highest BCUT2D eigenvalue weighted by Crippen LogP contribution is 2.24. The molecular formula is C26H38N4O3. The number of benzene rings is 1. The zero-order valence-electron chi connectivity index (χ0n) is 20.6. The fourth-order valence-electron chi connectivity index (χ4n) is 4.34. The summed E-state index contributed by atoms with van der Waals surface area (Å²) in [5, 5.41) is 2.88. The van der Waals surface area contributed by atoms with Crippen LogP contribution in [0, 0.1) is 5.41 Å². The van der Waals surface area contributed by atoms with Crippen LogP contribution in [0.1, 0.15) is 84.9 Å². The predicted molar refractivity (Wildman–Crippen MR) is 130 cm³/mol. The van der Waals surface area contributed by atoms with Gasteiger partial charge in [-0.2, -0.15) is 0 Å². The van der Waals surface area contributed by atoms with Crippen LogP contribution >= 0.6 is 0 Å². The van der Waals surface area contributed by atoms with E-state index in [1.54, 1.807) is 0 Å². The number of nitrogens with zero attached hydrogens (tertiary/aromatic N) is 2. The summed E-state index contributed by atoms with van der Waals surface area (Å²) in [5.74, 6) is 0.210. The number of aromatic nitrogens is 2. The van der Waals surface area contributed by atoms with E-state index in [4.69, 9.17) is 0 Å². The van der Waals surface area contributed by atoms with Crippen LogP contribution in [0.2, 0.25) is 0 Å². The first-order chi connectivity index (χ1) is 15.5. The molecule has 0 unspecified atom stereocenters. The van der Waals surface area contributed by atoms with Gasteiger partial charge in [0.1, 0.15) is 5.82 Å². The average Bonchev–Trinajstić information content (AvgIpc) is 3.37.